The second kappa shape index (κ2) is 7.94. The molecule has 1 aliphatic heterocycles. The van der Waals surface area contributed by atoms with Gasteiger partial charge in [0.1, 0.15) is 25.4 Å². The third-order valence-corrected chi connectivity index (χ3v) is 11.7. The Bertz CT molecular complexity index is 542. The molecule has 1 rings (SSSR count). The van der Waals surface area contributed by atoms with E-state index in [1.165, 1.54) is 0 Å². The Morgan fingerprint density at radius 3 is 1.96 bits per heavy atom. The Morgan fingerprint density at radius 1 is 1.12 bits per heavy atom. The van der Waals surface area contributed by atoms with Crippen LogP contribution >= 0.6 is 0 Å². The van der Waals surface area contributed by atoms with Crippen molar-refractivity contribution < 1.29 is 14.3 Å². The Morgan fingerprint density at radius 2 is 1.58 bits per heavy atom. The molecular weight excluding hydrogens is 342 g/mol. The molecule has 4 nitrogen and oxygen atoms in total. The van der Waals surface area contributed by atoms with Crippen LogP contribution in [-0.2, 0) is 9.47 Å². The molecule has 1 amide bonds. The predicted octanol–water partition coefficient (Wildman–Crippen LogP) is 5.58. The average molecular weight is 382 g/mol. The Kier molecular flexibility index (Phi) is 7.04. The molecule has 1 saturated heterocycles. The maximum absolute atomic E-state index is 12.8. The van der Waals surface area contributed by atoms with Crippen LogP contribution in [0.25, 0.3) is 0 Å². The highest BCUT2D eigenvalue weighted by atomic mass is 28.3. The zero-order valence-electron chi connectivity index (χ0n) is 18.7. The van der Waals surface area contributed by atoms with Gasteiger partial charge in [-0.25, -0.2) is 4.79 Å². The summed E-state index contributed by atoms with van der Waals surface area (Å²) in [6.45, 7) is 23.6. The van der Waals surface area contributed by atoms with Crippen LogP contribution in [0.15, 0.2) is 0 Å². The summed E-state index contributed by atoms with van der Waals surface area (Å²) in [6, 6.07) is -0.261. The predicted molar refractivity (Wildman–Crippen MR) is 111 cm³/mol. The number of hydrogen-bond donors (Lipinski definition) is 0. The monoisotopic (exact) mass is 381 g/mol. The first-order chi connectivity index (χ1) is 11.6. The third kappa shape index (κ3) is 4.83. The maximum Gasteiger partial charge on any atom is 0.413 e. The van der Waals surface area contributed by atoms with Crippen LogP contribution in [0.5, 0.6) is 0 Å². The molecule has 0 unspecified atom stereocenters. The minimum atomic E-state index is -1.85. The van der Waals surface area contributed by atoms with E-state index in [1.54, 1.807) is 4.90 Å². The Hall–Kier alpha value is -0.993. The summed E-state index contributed by atoms with van der Waals surface area (Å²) < 4.78 is 11.5. The first kappa shape index (κ1) is 23.0. The average Bonchev–Trinajstić information content (AvgIpc) is 2.71. The SMILES string of the molecule is CC(C)[Si](C#C[C@H]1COC(C)(C)N1C(=O)OC(C)(C)C)(C(C)C)C(C)C. The molecule has 5 heteroatoms. The van der Waals surface area contributed by atoms with Crippen molar-refractivity contribution in [3.05, 3.63) is 0 Å². The largest absolute Gasteiger partial charge is 0.444 e. The second-order valence-electron chi connectivity index (χ2n) is 9.79. The lowest BCUT2D eigenvalue weighted by molar-refractivity contribution is -0.0608. The van der Waals surface area contributed by atoms with Crippen molar-refractivity contribution in [3.8, 4) is 11.5 Å². The molecule has 26 heavy (non-hydrogen) atoms. The lowest BCUT2D eigenvalue weighted by atomic mass is 10.2. The first-order valence-electron chi connectivity index (χ1n) is 9.84. The fraction of sp³-hybridized carbons (Fsp3) is 0.857. The number of hydrogen-bond acceptors (Lipinski definition) is 3. The van der Waals surface area contributed by atoms with Crippen LogP contribution in [0.3, 0.4) is 0 Å². The zero-order valence-corrected chi connectivity index (χ0v) is 19.7. The molecule has 0 N–H and O–H groups in total. The van der Waals surface area contributed by atoms with E-state index in [1.807, 2.05) is 34.6 Å². The van der Waals surface area contributed by atoms with Gasteiger partial charge in [0.05, 0.1) is 6.61 Å². The van der Waals surface area contributed by atoms with Gasteiger partial charge in [0, 0.05) is 0 Å². The summed E-state index contributed by atoms with van der Waals surface area (Å²) in [6.07, 6.45) is -0.356. The van der Waals surface area contributed by atoms with Gasteiger partial charge in [-0.05, 0) is 51.2 Å². The van der Waals surface area contributed by atoms with Crippen LogP contribution in [0.2, 0.25) is 16.6 Å². The standard InChI is InChI=1S/C21H39NO3Si/c1-15(2)26(16(3)4,17(5)6)13-12-18-14-24-21(10,11)22(18)19(23)25-20(7,8)9/h15-18H,14H2,1-11H3/t18-/m0/s1. The fourth-order valence-corrected chi connectivity index (χ4v) is 9.49. The van der Waals surface area contributed by atoms with Gasteiger partial charge in [-0.15, -0.1) is 5.54 Å². The first-order valence-corrected chi connectivity index (χ1v) is 12.1. The van der Waals surface area contributed by atoms with Gasteiger partial charge in [0.2, 0.25) is 0 Å². The van der Waals surface area contributed by atoms with Gasteiger partial charge < -0.3 is 9.47 Å². The quantitative estimate of drug-likeness (QED) is 0.473. The molecule has 0 saturated carbocycles. The number of amides is 1. The lowest BCUT2D eigenvalue weighted by Gasteiger charge is -2.38. The molecule has 0 aromatic heterocycles. The van der Waals surface area contributed by atoms with Gasteiger partial charge in [0.25, 0.3) is 0 Å². The van der Waals surface area contributed by atoms with Gasteiger partial charge in [-0.3, -0.25) is 4.90 Å². The number of carbonyl (C=O) groups excluding carboxylic acids is 1. The molecule has 0 aromatic carbocycles. The van der Waals surface area contributed by atoms with Crippen molar-refractivity contribution in [3.63, 3.8) is 0 Å². The van der Waals surface area contributed by atoms with E-state index >= 15 is 0 Å². The molecule has 0 bridgehead atoms. The summed E-state index contributed by atoms with van der Waals surface area (Å²) >= 11 is 0. The van der Waals surface area contributed by atoms with Gasteiger partial charge in [0.15, 0.2) is 0 Å². The van der Waals surface area contributed by atoms with E-state index in [-0.39, 0.29) is 12.1 Å². The molecule has 0 aromatic rings. The molecule has 1 heterocycles. The summed E-state index contributed by atoms with van der Waals surface area (Å²) in [4.78, 5) is 14.5. The van der Waals surface area contributed by atoms with E-state index < -0.39 is 19.4 Å². The smallest absolute Gasteiger partial charge is 0.413 e. The van der Waals surface area contributed by atoms with Crippen LogP contribution in [0.4, 0.5) is 4.79 Å². The van der Waals surface area contributed by atoms with Crippen molar-refractivity contribution in [1.29, 1.82) is 0 Å². The number of rotatable bonds is 3. The topological polar surface area (TPSA) is 38.8 Å². The van der Waals surface area contributed by atoms with Crippen molar-refractivity contribution in [2.75, 3.05) is 6.61 Å². The zero-order chi connectivity index (χ0) is 20.5. The number of nitrogens with zero attached hydrogens (tertiary/aromatic N) is 1. The van der Waals surface area contributed by atoms with E-state index in [4.69, 9.17) is 9.47 Å². The summed E-state index contributed by atoms with van der Waals surface area (Å²) in [5.74, 6) is 3.45. The van der Waals surface area contributed by atoms with E-state index in [0.717, 1.165) is 0 Å². The maximum atomic E-state index is 12.8. The van der Waals surface area contributed by atoms with E-state index in [9.17, 15) is 4.79 Å². The van der Waals surface area contributed by atoms with Crippen molar-refractivity contribution in [1.82, 2.24) is 4.90 Å². The van der Waals surface area contributed by atoms with Gasteiger partial charge in [-0.2, -0.15) is 0 Å². The fourth-order valence-electron chi connectivity index (χ4n) is 4.21. The van der Waals surface area contributed by atoms with Crippen molar-refractivity contribution >= 4 is 14.2 Å². The van der Waals surface area contributed by atoms with Crippen LogP contribution in [0.1, 0.15) is 76.2 Å². The third-order valence-electron chi connectivity index (χ3n) is 5.40. The molecule has 1 aliphatic rings. The summed E-state index contributed by atoms with van der Waals surface area (Å²) in [5.41, 5.74) is 4.14. The minimum absolute atomic E-state index is 0.261. The van der Waals surface area contributed by atoms with Crippen LogP contribution in [0, 0.1) is 11.5 Å². The molecule has 0 aliphatic carbocycles. The lowest BCUT2D eigenvalue weighted by Crippen LogP contribution is -2.50. The van der Waals surface area contributed by atoms with Gasteiger partial charge in [-0.1, -0.05) is 47.5 Å². The van der Waals surface area contributed by atoms with E-state index in [2.05, 4.69) is 53.0 Å². The highest BCUT2D eigenvalue weighted by molar-refractivity contribution is 6.90. The molecule has 150 valence electrons. The molecular formula is C21H39NO3Si. The Balaban J connectivity index is 3.26. The van der Waals surface area contributed by atoms with Crippen LogP contribution < -0.4 is 0 Å². The summed E-state index contributed by atoms with van der Waals surface area (Å²) in [5, 5.41) is 0. The van der Waals surface area contributed by atoms with E-state index in [0.29, 0.717) is 23.2 Å². The molecule has 1 atom stereocenters. The second-order valence-corrected chi connectivity index (χ2v) is 15.4. The highest BCUT2D eigenvalue weighted by Gasteiger charge is 2.46. The van der Waals surface area contributed by atoms with Crippen molar-refractivity contribution in [2.24, 2.45) is 0 Å². The van der Waals surface area contributed by atoms with Gasteiger partial charge >= 0.3 is 6.09 Å². The minimum Gasteiger partial charge on any atom is -0.444 e. The molecule has 0 spiro atoms. The number of ether oxygens (including phenoxy) is 2. The number of carbonyl (C=O) groups is 1. The molecule has 1 fully saturated rings. The molecule has 0 radical (unpaired) electrons. The normalized spacial score (nSPS) is 20.5. The van der Waals surface area contributed by atoms with Crippen LogP contribution in [-0.4, -0.2) is 43.0 Å². The highest BCUT2D eigenvalue weighted by Crippen LogP contribution is 2.41. The Labute approximate surface area is 162 Å². The summed E-state index contributed by atoms with van der Waals surface area (Å²) in [7, 11) is -1.85. The van der Waals surface area contributed by atoms with Crippen molar-refractivity contribution in [2.45, 2.75) is 110 Å².